The van der Waals surface area contributed by atoms with E-state index in [0.29, 0.717) is 37.2 Å². The SMILES string of the molecule is Cc1ccc(NC(=O)C(OC(=O)C2CCN(C(=O)C(C)(C)C)CC2)c2ccccc2)cc1. The average molecular weight is 437 g/mol. The van der Waals surface area contributed by atoms with Crippen LogP contribution >= 0.6 is 0 Å². The van der Waals surface area contributed by atoms with Crippen molar-refractivity contribution in [3.63, 3.8) is 0 Å². The number of rotatable bonds is 5. The number of nitrogens with one attached hydrogen (secondary N) is 1. The second kappa shape index (κ2) is 9.98. The smallest absolute Gasteiger partial charge is 0.310 e. The zero-order valence-corrected chi connectivity index (χ0v) is 19.3. The predicted molar refractivity (Wildman–Crippen MR) is 124 cm³/mol. The van der Waals surface area contributed by atoms with E-state index < -0.39 is 23.4 Å². The van der Waals surface area contributed by atoms with Gasteiger partial charge in [0.25, 0.3) is 5.91 Å². The van der Waals surface area contributed by atoms with Crippen LogP contribution in [0.4, 0.5) is 5.69 Å². The van der Waals surface area contributed by atoms with Gasteiger partial charge in [0.15, 0.2) is 0 Å². The summed E-state index contributed by atoms with van der Waals surface area (Å²) in [4.78, 5) is 40.3. The summed E-state index contributed by atoms with van der Waals surface area (Å²) in [6, 6.07) is 16.5. The number of hydrogen-bond acceptors (Lipinski definition) is 4. The molecule has 0 aromatic heterocycles. The number of anilines is 1. The van der Waals surface area contributed by atoms with Gasteiger partial charge in [0.05, 0.1) is 5.92 Å². The quantitative estimate of drug-likeness (QED) is 0.700. The third kappa shape index (κ3) is 5.96. The van der Waals surface area contributed by atoms with Crippen LogP contribution in [-0.4, -0.2) is 35.8 Å². The van der Waals surface area contributed by atoms with Crippen LogP contribution < -0.4 is 5.32 Å². The first-order valence-electron chi connectivity index (χ1n) is 11.1. The molecule has 1 aliphatic rings. The van der Waals surface area contributed by atoms with Crippen LogP contribution in [0.5, 0.6) is 0 Å². The molecule has 1 heterocycles. The number of carbonyl (C=O) groups is 3. The standard InChI is InChI=1S/C26H32N2O4/c1-18-10-12-21(13-11-18)27-23(29)22(19-8-6-5-7-9-19)32-24(30)20-14-16-28(17-15-20)25(31)26(2,3)4/h5-13,20,22H,14-17H2,1-4H3,(H,27,29). The highest BCUT2D eigenvalue weighted by molar-refractivity contribution is 5.96. The van der Waals surface area contributed by atoms with Crippen molar-refractivity contribution in [2.45, 2.75) is 46.6 Å². The predicted octanol–water partition coefficient (Wildman–Crippen LogP) is 4.50. The maximum atomic E-state index is 13.0. The first kappa shape index (κ1) is 23.5. The summed E-state index contributed by atoms with van der Waals surface area (Å²) in [6.45, 7) is 8.69. The Morgan fingerprint density at radius 3 is 2.12 bits per heavy atom. The molecule has 1 saturated heterocycles. The first-order chi connectivity index (χ1) is 15.1. The molecular formula is C26H32N2O4. The van der Waals surface area contributed by atoms with Crippen LogP contribution in [0.15, 0.2) is 54.6 Å². The topological polar surface area (TPSA) is 75.7 Å². The Bertz CT molecular complexity index is 940. The van der Waals surface area contributed by atoms with E-state index in [4.69, 9.17) is 4.74 Å². The molecule has 1 unspecified atom stereocenters. The third-order valence-electron chi connectivity index (χ3n) is 5.65. The molecule has 2 aromatic rings. The minimum Gasteiger partial charge on any atom is -0.447 e. The van der Waals surface area contributed by atoms with Gasteiger partial charge in [-0.3, -0.25) is 14.4 Å². The molecule has 2 aromatic carbocycles. The number of amides is 2. The van der Waals surface area contributed by atoms with Gasteiger partial charge >= 0.3 is 5.97 Å². The number of likely N-dealkylation sites (tertiary alicyclic amines) is 1. The molecule has 32 heavy (non-hydrogen) atoms. The van der Waals surface area contributed by atoms with Gasteiger partial charge in [0.2, 0.25) is 12.0 Å². The van der Waals surface area contributed by atoms with Gasteiger partial charge in [0.1, 0.15) is 0 Å². The zero-order chi connectivity index (χ0) is 23.3. The highest BCUT2D eigenvalue weighted by atomic mass is 16.5. The summed E-state index contributed by atoms with van der Waals surface area (Å²) in [5.41, 5.74) is 1.91. The van der Waals surface area contributed by atoms with Crippen molar-refractivity contribution in [3.8, 4) is 0 Å². The maximum Gasteiger partial charge on any atom is 0.310 e. The number of esters is 1. The fraction of sp³-hybridized carbons (Fsp3) is 0.423. The Kier molecular flexibility index (Phi) is 7.33. The highest BCUT2D eigenvalue weighted by Gasteiger charge is 2.35. The molecular weight excluding hydrogens is 404 g/mol. The Morgan fingerprint density at radius 2 is 1.56 bits per heavy atom. The van der Waals surface area contributed by atoms with E-state index in [9.17, 15) is 14.4 Å². The maximum absolute atomic E-state index is 13.0. The molecule has 0 spiro atoms. The molecule has 1 N–H and O–H groups in total. The van der Waals surface area contributed by atoms with Gasteiger partial charge in [-0.15, -0.1) is 0 Å². The number of nitrogens with zero attached hydrogens (tertiary/aromatic N) is 1. The molecule has 0 radical (unpaired) electrons. The highest BCUT2D eigenvalue weighted by Crippen LogP contribution is 2.27. The van der Waals surface area contributed by atoms with Crippen molar-refractivity contribution < 1.29 is 19.1 Å². The molecule has 0 saturated carbocycles. The molecule has 6 heteroatoms. The van der Waals surface area contributed by atoms with Crippen molar-refractivity contribution in [1.29, 1.82) is 0 Å². The van der Waals surface area contributed by atoms with Gasteiger partial charge in [-0.1, -0.05) is 68.8 Å². The van der Waals surface area contributed by atoms with Crippen molar-refractivity contribution in [1.82, 2.24) is 4.90 Å². The molecule has 1 aliphatic heterocycles. The van der Waals surface area contributed by atoms with E-state index in [1.165, 1.54) is 0 Å². The number of ether oxygens (including phenoxy) is 1. The van der Waals surface area contributed by atoms with E-state index in [2.05, 4.69) is 5.32 Å². The summed E-state index contributed by atoms with van der Waals surface area (Å²) < 4.78 is 5.74. The normalized spacial score (nSPS) is 15.7. The minimum absolute atomic E-state index is 0.0870. The molecule has 2 amide bonds. The van der Waals surface area contributed by atoms with E-state index in [0.717, 1.165) is 5.56 Å². The van der Waals surface area contributed by atoms with Crippen LogP contribution in [0.1, 0.15) is 50.8 Å². The van der Waals surface area contributed by atoms with Crippen molar-refractivity contribution in [2.24, 2.45) is 11.3 Å². The van der Waals surface area contributed by atoms with Crippen molar-refractivity contribution in [2.75, 3.05) is 18.4 Å². The summed E-state index contributed by atoms with van der Waals surface area (Å²) >= 11 is 0. The Balaban J connectivity index is 1.67. The van der Waals surface area contributed by atoms with Gasteiger partial charge in [-0.2, -0.15) is 0 Å². The molecule has 1 atom stereocenters. The molecule has 1 fully saturated rings. The molecule has 0 bridgehead atoms. The number of piperidine rings is 1. The molecule has 0 aliphatic carbocycles. The van der Waals surface area contributed by atoms with Crippen molar-refractivity contribution in [3.05, 3.63) is 65.7 Å². The lowest BCUT2D eigenvalue weighted by molar-refractivity contribution is -0.161. The summed E-state index contributed by atoms with van der Waals surface area (Å²) in [5, 5.41) is 2.85. The van der Waals surface area contributed by atoms with Gasteiger partial charge < -0.3 is 15.0 Å². The van der Waals surface area contributed by atoms with E-state index in [1.807, 2.05) is 75.1 Å². The number of aryl methyl sites for hydroxylation is 1. The molecule has 3 rings (SSSR count). The van der Waals surface area contributed by atoms with Crippen LogP contribution in [0.3, 0.4) is 0 Å². The second-order valence-electron chi connectivity index (χ2n) is 9.40. The van der Waals surface area contributed by atoms with Gasteiger partial charge in [-0.05, 0) is 31.9 Å². The third-order valence-corrected chi connectivity index (χ3v) is 5.65. The number of benzene rings is 2. The lowest BCUT2D eigenvalue weighted by Gasteiger charge is -2.35. The summed E-state index contributed by atoms with van der Waals surface area (Å²) in [7, 11) is 0. The number of hydrogen-bond donors (Lipinski definition) is 1. The fourth-order valence-corrected chi connectivity index (χ4v) is 3.75. The van der Waals surface area contributed by atoms with Crippen LogP contribution in [0.25, 0.3) is 0 Å². The van der Waals surface area contributed by atoms with E-state index in [-0.39, 0.29) is 11.8 Å². The fourth-order valence-electron chi connectivity index (χ4n) is 3.75. The second-order valence-corrected chi connectivity index (χ2v) is 9.40. The van der Waals surface area contributed by atoms with E-state index in [1.54, 1.807) is 12.1 Å². The first-order valence-corrected chi connectivity index (χ1v) is 11.1. The van der Waals surface area contributed by atoms with Crippen LogP contribution in [-0.2, 0) is 19.1 Å². The van der Waals surface area contributed by atoms with Crippen LogP contribution in [0, 0.1) is 18.3 Å². The Hall–Kier alpha value is -3.15. The zero-order valence-electron chi connectivity index (χ0n) is 19.3. The Labute approximate surface area is 189 Å². The lowest BCUT2D eigenvalue weighted by atomic mass is 9.91. The lowest BCUT2D eigenvalue weighted by Crippen LogP contribution is -2.45. The van der Waals surface area contributed by atoms with Crippen LogP contribution in [0.2, 0.25) is 0 Å². The summed E-state index contributed by atoms with van der Waals surface area (Å²) in [6.07, 6.45) is 0.0166. The molecule has 6 nitrogen and oxygen atoms in total. The van der Waals surface area contributed by atoms with Gasteiger partial charge in [0, 0.05) is 29.8 Å². The largest absolute Gasteiger partial charge is 0.447 e. The molecule has 170 valence electrons. The number of carbonyl (C=O) groups excluding carboxylic acids is 3. The van der Waals surface area contributed by atoms with Gasteiger partial charge in [-0.25, -0.2) is 0 Å². The average Bonchev–Trinajstić information content (AvgIpc) is 2.78. The summed E-state index contributed by atoms with van der Waals surface area (Å²) in [5.74, 6) is -1.05. The van der Waals surface area contributed by atoms with Crippen molar-refractivity contribution >= 4 is 23.5 Å². The Morgan fingerprint density at radius 1 is 0.969 bits per heavy atom. The monoisotopic (exact) mass is 436 g/mol. The van der Waals surface area contributed by atoms with E-state index >= 15 is 0 Å². The minimum atomic E-state index is -1.04.